The summed E-state index contributed by atoms with van der Waals surface area (Å²) in [6.07, 6.45) is 13.3. The number of rotatable bonds is 18. The van der Waals surface area contributed by atoms with Crippen LogP contribution >= 0.6 is 20.0 Å². The number of carbonyl (C=O) groups is 1. The lowest BCUT2D eigenvalue weighted by Crippen LogP contribution is -2.25. The quantitative estimate of drug-likeness (QED) is 0.0804. The number of benzene rings is 1. The Bertz CT molecular complexity index is 888. The predicted octanol–water partition coefficient (Wildman–Crippen LogP) is 8.38. The van der Waals surface area contributed by atoms with Crippen molar-refractivity contribution < 1.29 is 18.4 Å². The molecule has 214 valence electrons. The normalized spacial score (nSPS) is 11.4. The third kappa shape index (κ3) is 20.2. The van der Waals surface area contributed by atoms with Gasteiger partial charge in [-0.25, -0.2) is 0 Å². The SMILES string of the molecule is CC(C)=CCC/C(C)=C/CC/C(C)=C/CSc1ccccc1C(=O)NCCCCN.CCO[P+](=O)OCC. The Balaban J connectivity index is 0.00000147. The maximum absolute atomic E-state index is 12.5. The lowest BCUT2D eigenvalue weighted by Gasteiger charge is -2.09. The van der Waals surface area contributed by atoms with Gasteiger partial charge in [0.15, 0.2) is 0 Å². The second-order valence-corrected chi connectivity index (χ2v) is 11.1. The van der Waals surface area contributed by atoms with Crippen molar-refractivity contribution in [3.63, 3.8) is 0 Å². The number of amides is 1. The Hall–Kier alpha value is -1.76. The molecule has 0 spiro atoms. The summed E-state index contributed by atoms with van der Waals surface area (Å²) in [4.78, 5) is 13.5. The highest BCUT2D eigenvalue weighted by Crippen LogP contribution is 2.24. The monoisotopic (exact) mass is 565 g/mol. The summed E-state index contributed by atoms with van der Waals surface area (Å²) in [6.45, 7) is 14.5. The van der Waals surface area contributed by atoms with Gasteiger partial charge in [-0.1, -0.05) is 47.1 Å². The molecule has 0 aliphatic heterocycles. The molecule has 1 aromatic carbocycles. The van der Waals surface area contributed by atoms with Crippen molar-refractivity contribution in [1.29, 1.82) is 0 Å². The van der Waals surface area contributed by atoms with Crippen molar-refractivity contribution in [3.05, 3.63) is 64.8 Å². The van der Waals surface area contributed by atoms with Gasteiger partial charge in [0.1, 0.15) is 13.2 Å². The maximum Gasteiger partial charge on any atom is 0.697 e. The highest BCUT2D eigenvalue weighted by Gasteiger charge is 2.15. The largest absolute Gasteiger partial charge is 0.697 e. The molecule has 0 aliphatic carbocycles. The molecule has 0 radical (unpaired) electrons. The van der Waals surface area contributed by atoms with Crippen LogP contribution in [-0.2, 0) is 13.6 Å². The Labute approximate surface area is 236 Å². The second kappa shape index (κ2) is 24.3. The van der Waals surface area contributed by atoms with Crippen molar-refractivity contribution in [2.24, 2.45) is 5.73 Å². The number of thioether (sulfide) groups is 1. The van der Waals surface area contributed by atoms with Gasteiger partial charge in [0.2, 0.25) is 0 Å². The first-order chi connectivity index (χ1) is 18.2. The highest BCUT2D eigenvalue weighted by atomic mass is 32.2. The molecule has 0 saturated heterocycles. The lowest BCUT2D eigenvalue weighted by molar-refractivity contribution is 0.0950. The smallest absolute Gasteiger partial charge is 0.352 e. The number of nitrogens with one attached hydrogen (secondary N) is 1. The molecule has 0 aromatic heterocycles. The van der Waals surface area contributed by atoms with E-state index < -0.39 is 8.25 Å². The number of hydrogen-bond acceptors (Lipinski definition) is 6. The van der Waals surface area contributed by atoms with E-state index in [1.54, 1.807) is 25.6 Å². The van der Waals surface area contributed by atoms with E-state index in [9.17, 15) is 9.36 Å². The molecule has 6 nitrogen and oxygen atoms in total. The van der Waals surface area contributed by atoms with Crippen LogP contribution in [0.15, 0.2) is 64.1 Å². The third-order valence-electron chi connectivity index (χ3n) is 5.31. The van der Waals surface area contributed by atoms with E-state index in [0.717, 1.165) is 54.7 Å². The summed E-state index contributed by atoms with van der Waals surface area (Å²) in [7, 11) is -1.83. The Morgan fingerprint density at radius 3 is 2.16 bits per heavy atom. The van der Waals surface area contributed by atoms with Crippen LogP contribution in [0.3, 0.4) is 0 Å². The summed E-state index contributed by atoms with van der Waals surface area (Å²) in [5.74, 6) is 0.886. The first-order valence-electron chi connectivity index (χ1n) is 13.6. The average molecular weight is 566 g/mol. The number of carbonyl (C=O) groups excluding carboxylic acids is 1. The molecule has 0 bridgehead atoms. The number of allylic oxidation sites excluding steroid dienone is 5. The Kier molecular flexibility index (Phi) is 23.2. The van der Waals surface area contributed by atoms with Crippen molar-refractivity contribution in [3.8, 4) is 0 Å². The molecule has 1 rings (SSSR count). The first-order valence-corrected chi connectivity index (χ1v) is 15.7. The summed E-state index contributed by atoms with van der Waals surface area (Å²) in [5.41, 5.74) is 10.5. The predicted molar refractivity (Wildman–Crippen MR) is 164 cm³/mol. The standard InChI is InChI=1S/C26H40N2OS.C4H10O3P/c1-21(2)11-9-12-22(3)13-10-14-23(4)17-20-30-25-16-6-5-15-24(25)26(29)28-19-8-7-18-27;1-3-6-8(5)7-4-2/h5-6,11,13,15-17H,7-10,12,14,18-20,27H2,1-4H3,(H,28,29);3-4H2,1-2H3/q;+1/b22-13+,23-17+;. The van der Waals surface area contributed by atoms with E-state index in [-0.39, 0.29) is 5.91 Å². The van der Waals surface area contributed by atoms with Gasteiger partial charge in [-0.05, 0) is 98.7 Å². The second-order valence-electron chi connectivity index (χ2n) is 9.08. The van der Waals surface area contributed by atoms with Crippen LogP contribution < -0.4 is 11.1 Å². The minimum absolute atomic E-state index is 0.00421. The number of unbranched alkanes of at least 4 members (excludes halogenated alkanes) is 1. The summed E-state index contributed by atoms with van der Waals surface area (Å²) in [6, 6.07) is 7.85. The van der Waals surface area contributed by atoms with E-state index in [0.29, 0.717) is 26.3 Å². The fourth-order valence-corrected chi connectivity index (χ4v) is 4.74. The lowest BCUT2D eigenvalue weighted by atomic mass is 10.1. The summed E-state index contributed by atoms with van der Waals surface area (Å²) in [5, 5.41) is 3.00. The fraction of sp³-hybridized carbons (Fsp3) is 0.567. The highest BCUT2D eigenvalue weighted by molar-refractivity contribution is 7.99. The van der Waals surface area contributed by atoms with Gasteiger partial charge in [0.05, 0.1) is 5.56 Å². The average Bonchev–Trinajstić information content (AvgIpc) is 2.87. The van der Waals surface area contributed by atoms with Crippen molar-refractivity contribution in [2.75, 3.05) is 32.1 Å². The fourth-order valence-electron chi connectivity index (χ4n) is 3.21. The molecule has 1 aromatic rings. The van der Waals surface area contributed by atoms with Crippen molar-refractivity contribution in [2.45, 2.75) is 85.0 Å². The molecule has 8 heteroatoms. The van der Waals surface area contributed by atoms with Crippen LogP contribution in [0.5, 0.6) is 0 Å². The van der Waals surface area contributed by atoms with Gasteiger partial charge in [-0.2, -0.15) is 0 Å². The summed E-state index contributed by atoms with van der Waals surface area (Å²) < 4.78 is 19.5. The molecule has 0 aliphatic rings. The van der Waals surface area contributed by atoms with Crippen LogP contribution in [0.25, 0.3) is 0 Å². The van der Waals surface area contributed by atoms with Crippen LogP contribution in [-0.4, -0.2) is 38.0 Å². The number of hydrogen-bond donors (Lipinski definition) is 2. The van der Waals surface area contributed by atoms with Crippen LogP contribution in [0.4, 0.5) is 0 Å². The maximum atomic E-state index is 12.5. The van der Waals surface area contributed by atoms with Gasteiger partial charge in [0, 0.05) is 21.8 Å². The minimum atomic E-state index is -1.83. The molecule has 0 saturated carbocycles. The molecule has 0 atom stereocenters. The van der Waals surface area contributed by atoms with E-state index in [1.807, 2.05) is 24.3 Å². The van der Waals surface area contributed by atoms with Gasteiger partial charge < -0.3 is 11.1 Å². The molecule has 0 unspecified atom stereocenters. The molecular weight excluding hydrogens is 515 g/mol. The zero-order chi connectivity index (χ0) is 28.6. The van der Waals surface area contributed by atoms with Gasteiger partial charge in [-0.3, -0.25) is 4.79 Å². The van der Waals surface area contributed by atoms with Crippen LogP contribution in [0.1, 0.15) is 90.4 Å². The number of nitrogens with two attached hydrogens (primary N) is 1. The van der Waals surface area contributed by atoms with E-state index >= 15 is 0 Å². The molecular formula is C30H50N2O4PS+. The van der Waals surface area contributed by atoms with Crippen LogP contribution in [0, 0.1) is 0 Å². The molecule has 0 heterocycles. The van der Waals surface area contributed by atoms with Crippen molar-refractivity contribution >= 4 is 25.9 Å². The van der Waals surface area contributed by atoms with Crippen molar-refractivity contribution in [1.82, 2.24) is 5.32 Å². The van der Waals surface area contributed by atoms with Gasteiger partial charge in [0.25, 0.3) is 5.91 Å². The Morgan fingerprint density at radius 1 is 0.947 bits per heavy atom. The van der Waals surface area contributed by atoms with E-state index in [2.05, 4.69) is 60.3 Å². The Morgan fingerprint density at radius 2 is 1.55 bits per heavy atom. The van der Waals surface area contributed by atoms with E-state index in [4.69, 9.17) is 5.73 Å². The van der Waals surface area contributed by atoms with Crippen LogP contribution in [0.2, 0.25) is 0 Å². The molecule has 0 fully saturated rings. The molecule has 38 heavy (non-hydrogen) atoms. The zero-order valence-corrected chi connectivity index (χ0v) is 26.1. The topological polar surface area (TPSA) is 90.7 Å². The van der Waals surface area contributed by atoms with Gasteiger partial charge >= 0.3 is 8.25 Å². The zero-order valence-electron chi connectivity index (χ0n) is 24.4. The van der Waals surface area contributed by atoms with E-state index in [1.165, 1.54) is 16.7 Å². The third-order valence-corrected chi connectivity index (χ3v) is 7.25. The summed E-state index contributed by atoms with van der Waals surface area (Å²) >= 11 is 1.72. The first kappa shape index (κ1) is 36.2. The molecule has 3 N–H and O–H groups in total. The molecule has 1 amide bonds. The minimum Gasteiger partial charge on any atom is -0.352 e. The van der Waals surface area contributed by atoms with Gasteiger partial charge in [-0.15, -0.1) is 20.8 Å².